The maximum atomic E-state index is 13.5. The normalized spacial score (nSPS) is 12.9. The van der Waals surface area contributed by atoms with Crippen molar-refractivity contribution in [3.63, 3.8) is 0 Å². The van der Waals surface area contributed by atoms with Gasteiger partial charge in [-0.3, -0.25) is 0 Å². The van der Waals surface area contributed by atoms with E-state index in [1.54, 1.807) is 6.07 Å². The van der Waals surface area contributed by atoms with E-state index in [9.17, 15) is 8.78 Å². The van der Waals surface area contributed by atoms with Gasteiger partial charge in [0.1, 0.15) is 17.4 Å². The highest BCUT2D eigenvalue weighted by atomic mass is 35.5. The number of nitrogens with one attached hydrogen (secondary N) is 1. The second kappa shape index (κ2) is 5.29. The van der Waals surface area contributed by atoms with Gasteiger partial charge in [0.25, 0.3) is 0 Å². The molecule has 0 saturated carbocycles. The number of ether oxygens (including phenoxy) is 1. The molecular weight excluding hydrogens is 284 g/mol. The Morgan fingerprint density at radius 3 is 2.90 bits per heavy atom. The molecule has 0 atom stereocenters. The molecule has 5 heteroatoms. The first-order valence-electron chi connectivity index (χ1n) is 6.26. The van der Waals surface area contributed by atoms with E-state index in [0.717, 1.165) is 41.5 Å². The van der Waals surface area contributed by atoms with Crippen LogP contribution in [0.4, 0.5) is 14.5 Å². The highest BCUT2D eigenvalue weighted by Gasteiger charge is 2.17. The minimum Gasteiger partial charge on any atom is -0.493 e. The number of rotatable bonds is 3. The molecule has 0 amide bonds. The van der Waals surface area contributed by atoms with Crippen molar-refractivity contribution in [3.8, 4) is 5.75 Å². The van der Waals surface area contributed by atoms with Crippen molar-refractivity contribution in [1.29, 1.82) is 0 Å². The molecule has 1 aliphatic heterocycles. The first-order chi connectivity index (χ1) is 9.63. The van der Waals surface area contributed by atoms with E-state index >= 15 is 0 Å². The van der Waals surface area contributed by atoms with Crippen molar-refractivity contribution in [2.75, 3.05) is 11.9 Å². The lowest BCUT2D eigenvalue weighted by Crippen LogP contribution is -2.03. The number of halogens is 3. The summed E-state index contributed by atoms with van der Waals surface area (Å²) in [7, 11) is 0. The Morgan fingerprint density at radius 2 is 2.05 bits per heavy atom. The molecule has 3 rings (SSSR count). The predicted molar refractivity (Wildman–Crippen MR) is 74.3 cm³/mol. The van der Waals surface area contributed by atoms with Crippen LogP contribution < -0.4 is 10.1 Å². The molecule has 2 aromatic carbocycles. The lowest BCUT2D eigenvalue weighted by molar-refractivity contribution is 0.354. The van der Waals surface area contributed by atoms with E-state index in [-0.39, 0.29) is 5.69 Å². The average molecular weight is 296 g/mol. The van der Waals surface area contributed by atoms with Crippen LogP contribution in [0.5, 0.6) is 5.75 Å². The van der Waals surface area contributed by atoms with Crippen molar-refractivity contribution in [2.24, 2.45) is 0 Å². The molecular formula is C15H12ClF2NO. The first-order valence-corrected chi connectivity index (χ1v) is 6.64. The Hall–Kier alpha value is -1.81. The molecule has 0 spiro atoms. The summed E-state index contributed by atoms with van der Waals surface area (Å²) in [6.45, 7) is 0.945. The maximum absolute atomic E-state index is 13.5. The second-order valence-corrected chi connectivity index (χ2v) is 5.07. The second-order valence-electron chi connectivity index (χ2n) is 4.63. The number of hydrogen-bond donors (Lipinski definition) is 1. The zero-order valence-corrected chi connectivity index (χ0v) is 11.3. The van der Waals surface area contributed by atoms with Gasteiger partial charge >= 0.3 is 0 Å². The molecule has 0 aromatic heterocycles. The quantitative estimate of drug-likeness (QED) is 0.918. The number of fused-ring (bicyclic) bond motifs is 1. The van der Waals surface area contributed by atoms with Crippen LogP contribution in [0.1, 0.15) is 11.1 Å². The van der Waals surface area contributed by atoms with Crippen molar-refractivity contribution < 1.29 is 13.5 Å². The fraction of sp³-hybridized carbons (Fsp3) is 0.200. The molecule has 2 aromatic rings. The molecule has 0 saturated heterocycles. The van der Waals surface area contributed by atoms with Crippen LogP contribution in [0.15, 0.2) is 30.3 Å². The number of benzene rings is 2. The molecule has 104 valence electrons. The standard InChI is InChI=1S/C15H12ClF2NO/c16-11-5-9-3-4-20-15(9)10(6-11)8-19-14-7-12(17)1-2-13(14)18/h1-2,5-7,19H,3-4,8H2. The van der Waals surface area contributed by atoms with Crippen LogP contribution in [-0.4, -0.2) is 6.61 Å². The molecule has 0 unspecified atom stereocenters. The average Bonchev–Trinajstić information content (AvgIpc) is 2.87. The summed E-state index contributed by atoms with van der Waals surface area (Å²) in [6.07, 6.45) is 0.817. The Kier molecular flexibility index (Phi) is 3.49. The number of hydrogen-bond acceptors (Lipinski definition) is 2. The minimum absolute atomic E-state index is 0.122. The highest BCUT2D eigenvalue weighted by Crippen LogP contribution is 2.33. The van der Waals surface area contributed by atoms with Gasteiger partial charge in [0.2, 0.25) is 0 Å². The molecule has 0 fully saturated rings. The van der Waals surface area contributed by atoms with Crippen molar-refractivity contribution >= 4 is 17.3 Å². The van der Waals surface area contributed by atoms with Gasteiger partial charge in [0, 0.05) is 23.6 Å². The fourth-order valence-electron chi connectivity index (χ4n) is 2.30. The van der Waals surface area contributed by atoms with E-state index in [0.29, 0.717) is 18.2 Å². The summed E-state index contributed by atoms with van der Waals surface area (Å²) in [5.74, 6) is -0.189. The van der Waals surface area contributed by atoms with Crippen LogP contribution >= 0.6 is 11.6 Å². The topological polar surface area (TPSA) is 21.3 Å². The molecule has 0 bridgehead atoms. The zero-order valence-electron chi connectivity index (χ0n) is 10.6. The summed E-state index contributed by atoms with van der Waals surface area (Å²) in [6, 6.07) is 6.95. The van der Waals surface area contributed by atoms with Crippen molar-refractivity contribution in [1.82, 2.24) is 0 Å². The van der Waals surface area contributed by atoms with Gasteiger partial charge in [-0.05, 0) is 35.9 Å². The SMILES string of the molecule is Fc1ccc(F)c(NCc2cc(Cl)cc3c2OCC3)c1. The van der Waals surface area contributed by atoms with Crippen LogP contribution in [-0.2, 0) is 13.0 Å². The third kappa shape index (κ3) is 2.56. The fourth-order valence-corrected chi connectivity index (χ4v) is 2.56. The largest absolute Gasteiger partial charge is 0.493 e. The molecule has 0 aliphatic carbocycles. The van der Waals surface area contributed by atoms with Crippen LogP contribution in [0, 0.1) is 11.6 Å². The highest BCUT2D eigenvalue weighted by molar-refractivity contribution is 6.30. The molecule has 0 radical (unpaired) electrons. The Morgan fingerprint density at radius 1 is 1.20 bits per heavy atom. The molecule has 2 nitrogen and oxygen atoms in total. The summed E-state index contributed by atoms with van der Waals surface area (Å²) < 4.78 is 32.2. The van der Waals surface area contributed by atoms with Crippen LogP contribution in [0.2, 0.25) is 5.02 Å². The van der Waals surface area contributed by atoms with Gasteiger partial charge in [-0.25, -0.2) is 8.78 Å². The van der Waals surface area contributed by atoms with E-state index < -0.39 is 11.6 Å². The Labute approximate surface area is 120 Å². The van der Waals surface area contributed by atoms with E-state index in [2.05, 4.69) is 5.32 Å². The van der Waals surface area contributed by atoms with Crippen molar-refractivity contribution in [2.45, 2.75) is 13.0 Å². The minimum atomic E-state index is -0.494. The zero-order chi connectivity index (χ0) is 14.1. The summed E-state index contributed by atoms with van der Waals surface area (Å²) in [5, 5.41) is 3.49. The van der Waals surface area contributed by atoms with Gasteiger partial charge in [-0.15, -0.1) is 0 Å². The third-order valence-electron chi connectivity index (χ3n) is 3.22. The van der Waals surface area contributed by atoms with Gasteiger partial charge in [-0.1, -0.05) is 11.6 Å². The van der Waals surface area contributed by atoms with Gasteiger partial charge < -0.3 is 10.1 Å². The van der Waals surface area contributed by atoms with E-state index in [1.807, 2.05) is 6.07 Å². The van der Waals surface area contributed by atoms with Crippen LogP contribution in [0.3, 0.4) is 0 Å². The van der Waals surface area contributed by atoms with Crippen molar-refractivity contribution in [3.05, 3.63) is 58.1 Å². The monoisotopic (exact) mass is 295 g/mol. The Balaban J connectivity index is 1.84. The number of anilines is 1. The van der Waals surface area contributed by atoms with Crippen LogP contribution in [0.25, 0.3) is 0 Å². The predicted octanol–water partition coefficient (Wildman–Crippen LogP) is 4.17. The maximum Gasteiger partial charge on any atom is 0.146 e. The molecule has 1 heterocycles. The molecule has 1 aliphatic rings. The lowest BCUT2D eigenvalue weighted by Gasteiger charge is -2.11. The molecule has 1 N–H and O–H groups in total. The molecule has 20 heavy (non-hydrogen) atoms. The van der Waals surface area contributed by atoms with E-state index in [4.69, 9.17) is 16.3 Å². The Bertz CT molecular complexity index is 661. The van der Waals surface area contributed by atoms with Gasteiger partial charge in [-0.2, -0.15) is 0 Å². The first kappa shape index (κ1) is 13.2. The van der Waals surface area contributed by atoms with Gasteiger partial charge in [0.05, 0.1) is 12.3 Å². The summed E-state index contributed by atoms with van der Waals surface area (Å²) >= 11 is 6.05. The lowest BCUT2D eigenvalue weighted by atomic mass is 10.1. The van der Waals surface area contributed by atoms with Gasteiger partial charge in [0.15, 0.2) is 0 Å². The summed E-state index contributed by atoms with van der Waals surface area (Å²) in [5.41, 5.74) is 2.01. The third-order valence-corrected chi connectivity index (χ3v) is 3.44. The smallest absolute Gasteiger partial charge is 0.146 e. The van der Waals surface area contributed by atoms with E-state index in [1.165, 1.54) is 0 Å². The summed E-state index contributed by atoms with van der Waals surface area (Å²) in [4.78, 5) is 0.